The van der Waals surface area contributed by atoms with E-state index in [1.807, 2.05) is 31.2 Å². The molecule has 1 N–H and O–H groups in total. The van der Waals surface area contributed by atoms with Crippen LogP contribution in [0.4, 0.5) is 0 Å². The second-order valence-corrected chi connectivity index (χ2v) is 7.36. The summed E-state index contributed by atoms with van der Waals surface area (Å²) < 4.78 is 0. The van der Waals surface area contributed by atoms with Gasteiger partial charge < -0.3 is 0 Å². The molecule has 2 fully saturated rings. The normalized spacial score (nSPS) is 31.6. The van der Waals surface area contributed by atoms with Crippen LogP contribution in [0.2, 0.25) is 0 Å². The lowest BCUT2D eigenvalue weighted by Gasteiger charge is -2.34. The molecular formula is C18H24N2O. The first-order valence-corrected chi connectivity index (χ1v) is 7.78. The molecule has 2 saturated carbocycles. The van der Waals surface area contributed by atoms with Crippen molar-refractivity contribution in [2.75, 3.05) is 0 Å². The number of fused-ring (bicyclic) bond motifs is 2. The molecule has 1 aromatic rings. The summed E-state index contributed by atoms with van der Waals surface area (Å²) in [6.45, 7) is 9.00. The van der Waals surface area contributed by atoms with Crippen LogP contribution in [0.1, 0.15) is 56.0 Å². The maximum absolute atomic E-state index is 12.2. The summed E-state index contributed by atoms with van der Waals surface area (Å²) in [7, 11) is 0. The van der Waals surface area contributed by atoms with E-state index in [4.69, 9.17) is 0 Å². The third kappa shape index (κ3) is 2.10. The molecule has 2 aliphatic rings. The van der Waals surface area contributed by atoms with E-state index in [0.29, 0.717) is 16.9 Å². The fourth-order valence-electron chi connectivity index (χ4n) is 3.99. The van der Waals surface area contributed by atoms with Gasteiger partial charge in [0.05, 0.1) is 0 Å². The molecule has 0 heterocycles. The minimum Gasteiger partial charge on any atom is -0.267 e. The summed E-state index contributed by atoms with van der Waals surface area (Å²) in [5, 5.41) is 4.49. The van der Waals surface area contributed by atoms with Crippen LogP contribution in [0, 0.1) is 23.7 Å². The smallest absolute Gasteiger partial charge is 0.267 e. The Morgan fingerprint density at radius 3 is 2.43 bits per heavy atom. The van der Waals surface area contributed by atoms with Crippen LogP contribution in [0.25, 0.3) is 0 Å². The number of amides is 1. The highest BCUT2D eigenvalue weighted by molar-refractivity contribution is 5.98. The number of rotatable bonds is 2. The minimum atomic E-state index is -0.119. The SMILES string of the molecule is Cc1ccc(C(=O)N/N=C2/C[C@@H]3CC[C@@]2(C)C3(C)C)cc1. The Morgan fingerprint density at radius 1 is 1.24 bits per heavy atom. The number of nitrogens with one attached hydrogen (secondary N) is 1. The Hall–Kier alpha value is -1.64. The Morgan fingerprint density at radius 2 is 1.90 bits per heavy atom. The van der Waals surface area contributed by atoms with E-state index in [9.17, 15) is 4.79 Å². The Labute approximate surface area is 126 Å². The molecule has 21 heavy (non-hydrogen) atoms. The van der Waals surface area contributed by atoms with Crippen molar-refractivity contribution in [1.29, 1.82) is 0 Å². The molecule has 0 aliphatic heterocycles. The molecule has 2 bridgehead atoms. The van der Waals surface area contributed by atoms with Gasteiger partial charge in [-0.3, -0.25) is 4.79 Å². The zero-order chi connectivity index (χ0) is 15.3. The monoisotopic (exact) mass is 284 g/mol. The lowest BCUT2D eigenvalue weighted by atomic mass is 9.70. The molecule has 1 aromatic carbocycles. The predicted molar refractivity (Wildman–Crippen MR) is 85.3 cm³/mol. The van der Waals surface area contributed by atoms with E-state index in [1.54, 1.807) is 0 Å². The first-order valence-electron chi connectivity index (χ1n) is 7.78. The number of carbonyl (C=O) groups excluding carboxylic acids is 1. The van der Waals surface area contributed by atoms with Gasteiger partial charge in [-0.05, 0) is 49.7 Å². The zero-order valence-electron chi connectivity index (χ0n) is 13.4. The van der Waals surface area contributed by atoms with Gasteiger partial charge in [-0.1, -0.05) is 38.5 Å². The van der Waals surface area contributed by atoms with Gasteiger partial charge in [-0.25, -0.2) is 5.43 Å². The fourth-order valence-corrected chi connectivity index (χ4v) is 3.99. The summed E-state index contributed by atoms with van der Waals surface area (Å²) in [4.78, 5) is 12.2. The molecule has 3 rings (SSSR count). The number of aryl methyl sites for hydroxylation is 1. The second kappa shape index (κ2) is 4.69. The molecule has 3 nitrogen and oxygen atoms in total. The molecule has 0 radical (unpaired) electrons. The summed E-state index contributed by atoms with van der Waals surface area (Å²) in [6, 6.07) is 7.59. The zero-order valence-corrected chi connectivity index (χ0v) is 13.4. The topological polar surface area (TPSA) is 41.5 Å². The summed E-state index contributed by atoms with van der Waals surface area (Å²) in [5.74, 6) is 0.587. The first-order chi connectivity index (χ1) is 9.84. The maximum Gasteiger partial charge on any atom is 0.271 e. The summed E-state index contributed by atoms with van der Waals surface area (Å²) >= 11 is 0. The number of carbonyl (C=O) groups is 1. The quantitative estimate of drug-likeness (QED) is 0.821. The van der Waals surface area contributed by atoms with Gasteiger partial charge in [0.1, 0.15) is 0 Å². The molecular weight excluding hydrogens is 260 g/mol. The largest absolute Gasteiger partial charge is 0.271 e. The predicted octanol–water partition coefficient (Wildman–Crippen LogP) is 3.93. The number of hydrogen-bond donors (Lipinski definition) is 1. The van der Waals surface area contributed by atoms with E-state index in [0.717, 1.165) is 12.0 Å². The molecule has 2 atom stereocenters. The van der Waals surface area contributed by atoms with Gasteiger partial charge in [0, 0.05) is 16.7 Å². The van der Waals surface area contributed by atoms with Crippen molar-refractivity contribution in [3.05, 3.63) is 35.4 Å². The number of hydrazone groups is 1. The first kappa shape index (κ1) is 14.3. The van der Waals surface area contributed by atoms with Crippen molar-refractivity contribution >= 4 is 11.6 Å². The van der Waals surface area contributed by atoms with E-state index >= 15 is 0 Å². The van der Waals surface area contributed by atoms with Crippen molar-refractivity contribution in [3.8, 4) is 0 Å². The second-order valence-electron chi connectivity index (χ2n) is 7.36. The van der Waals surface area contributed by atoms with Crippen LogP contribution in [-0.2, 0) is 0 Å². The van der Waals surface area contributed by atoms with Crippen molar-refractivity contribution in [3.63, 3.8) is 0 Å². The number of nitrogens with zero attached hydrogens (tertiary/aromatic N) is 1. The van der Waals surface area contributed by atoms with Crippen LogP contribution in [0.15, 0.2) is 29.4 Å². The van der Waals surface area contributed by atoms with Gasteiger partial charge in [-0.15, -0.1) is 0 Å². The molecule has 112 valence electrons. The maximum atomic E-state index is 12.2. The number of hydrogen-bond acceptors (Lipinski definition) is 2. The van der Waals surface area contributed by atoms with E-state index in [1.165, 1.54) is 18.6 Å². The van der Waals surface area contributed by atoms with Gasteiger partial charge >= 0.3 is 0 Å². The average molecular weight is 284 g/mol. The fraction of sp³-hybridized carbons (Fsp3) is 0.556. The molecule has 0 saturated heterocycles. The Balaban J connectivity index is 1.76. The molecule has 0 aromatic heterocycles. The van der Waals surface area contributed by atoms with Crippen LogP contribution in [-0.4, -0.2) is 11.6 Å². The van der Waals surface area contributed by atoms with Crippen molar-refractivity contribution in [2.24, 2.45) is 21.8 Å². The van der Waals surface area contributed by atoms with Crippen LogP contribution in [0.3, 0.4) is 0 Å². The molecule has 3 heteroatoms. The molecule has 0 spiro atoms. The highest BCUT2D eigenvalue weighted by Crippen LogP contribution is 2.63. The number of benzene rings is 1. The summed E-state index contributed by atoms with van der Waals surface area (Å²) in [6.07, 6.45) is 3.50. The van der Waals surface area contributed by atoms with Gasteiger partial charge in [0.25, 0.3) is 5.91 Å². The van der Waals surface area contributed by atoms with Crippen LogP contribution in [0.5, 0.6) is 0 Å². The Bertz CT molecular complexity index is 600. The molecule has 1 amide bonds. The van der Waals surface area contributed by atoms with Crippen LogP contribution < -0.4 is 5.43 Å². The van der Waals surface area contributed by atoms with Crippen molar-refractivity contribution in [1.82, 2.24) is 5.43 Å². The van der Waals surface area contributed by atoms with E-state index < -0.39 is 0 Å². The molecule has 2 aliphatic carbocycles. The lowest BCUT2D eigenvalue weighted by molar-refractivity contribution is 0.0954. The average Bonchev–Trinajstić information content (AvgIpc) is 2.78. The van der Waals surface area contributed by atoms with Crippen LogP contribution >= 0.6 is 0 Å². The third-order valence-corrected chi connectivity index (χ3v) is 6.12. The van der Waals surface area contributed by atoms with E-state index in [2.05, 4.69) is 31.3 Å². The highest BCUT2D eigenvalue weighted by atomic mass is 16.2. The van der Waals surface area contributed by atoms with Crippen molar-refractivity contribution < 1.29 is 4.79 Å². The third-order valence-electron chi connectivity index (χ3n) is 6.12. The minimum absolute atomic E-state index is 0.119. The summed E-state index contributed by atoms with van der Waals surface area (Å²) in [5.41, 5.74) is 6.17. The van der Waals surface area contributed by atoms with Crippen molar-refractivity contribution in [2.45, 2.75) is 47.0 Å². The lowest BCUT2D eigenvalue weighted by Crippen LogP contribution is -2.34. The standard InChI is InChI=1S/C18H24N2O/c1-12-5-7-13(8-6-12)16(21)20-19-15-11-14-9-10-18(15,4)17(14,2)3/h5-8,14H,9-11H2,1-4H3,(H,20,21)/b19-15-/t14-,18+/m0/s1. The molecule has 0 unspecified atom stereocenters. The van der Waals surface area contributed by atoms with E-state index in [-0.39, 0.29) is 11.3 Å². The van der Waals surface area contributed by atoms with Gasteiger partial charge in [0.2, 0.25) is 0 Å². The Kier molecular flexibility index (Phi) is 3.19. The van der Waals surface area contributed by atoms with Gasteiger partial charge in [-0.2, -0.15) is 5.10 Å². The highest BCUT2D eigenvalue weighted by Gasteiger charge is 2.59. The van der Waals surface area contributed by atoms with Gasteiger partial charge in [0.15, 0.2) is 0 Å².